The molecule has 2 N–H and O–H groups in total. The highest BCUT2D eigenvalue weighted by Gasteiger charge is 2.27. The third-order valence-corrected chi connectivity index (χ3v) is 3.26. The number of aliphatic carboxylic acids is 1. The molecule has 0 aromatic carbocycles. The number of carbonyl (C=O) groups excluding carboxylic acids is 1. The first-order valence-corrected chi connectivity index (χ1v) is 6.28. The Balaban J connectivity index is 2.53. The van der Waals surface area contributed by atoms with Crippen molar-refractivity contribution >= 4 is 11.9 Å². The van der Waals surface area contributed by atoms with E-state index in [0.717, 1.165) is 25.9 Å². The van der Waals surface area contributed by atoms with Gasteiger partial charge in [-0.3, -0.25) is 9.59 Å². The molecule has 5 nitrogen and oxygen atoms in total. The summed E-state index contributed by atoms with van der Waals surface area (Å²) in [7, 11) is 0. The summed E-state index contributed by atoms with van der Waals surface area (Å²) in [5.74, 6) is -1.24. The predicted octanol–water partition coefficient (Wildman–Crippen LogP) is 0.555. The Morgan fingerprint density at radius 1 is 1.53 bits per heavy atom. The Labute approximate surface area is 102 Å². The fraction of sp³-hybridized carbons (Fsp3) is 0.833. The quantitative estimate of drug-likeness (QED) is 0.739. The molecule has 0 bridgehead atoms. The number of rotatable bonds is 5. The van der Waals surface area contributed by atoms with Crippen LogP contribution in [0.5, 0.6) is 0 Å². The Kier molecular flexibility index (Phi) is 5.41. The van der Waals surface area contributed by atoms with E-state index in [1.165, 1.54) is 0 Å². The first-order valence-electron chi connectivity index (χ1n) is 6.28. The molecule has 2 unspecified atom stereocenters. The van der Waals surface area contributed by atoms with Crippen molar-refractivity contribution in [3.05, 3.63) is 0 Å². The van der Waals surface area contributed by atoms with Gasteiger partial charge >= 0.3 is 5.97 Å². The molecule has 0 spiro atoms. The van der Waals surface area contributed by atoms with Gasteiger partial charge in [0.25, 0.3) is 0 Å². The maximum absolute atomic E-state index is 12.2. The van der Waals surface area contributed by atoms with Crippen molar-refractivity contribution in [3.8, 4) is 0 Å². The lowest BCUT2D eigenvalue weighted by Crippen LogP contribution is -2.45. The molecule has 1 aliphatic heterocycles. The number of hydrogen-bond donors (Lipinski definition) is 2. The van der Waals surface area contributed by atoms with Crippen molar-refractivity contribution in [3.63, 3.8) is 0 Å². The van der Waals surface area contributed by atoms with Crippen LogP contribution in [-0.2, 0) is 9.59 Å². The van der Waals surface area contributed by atoms with E-state index in [1.54, 1.807) is 11.8 Å². The molecule has 2 atom stereocenters. The molecule has 5 heteroatoms. The molecule has 0 aromatic rings. The van der Waals surface area contributed by atoms with Gasteiger partial charge in [-0.1, -0.05) is 6.92 Å². The van der Waals surface area contributed by atoms with E-state index in [9.17, 15) is 9.59 Å². The minimum absolute atomic E-state index is 0.0182. The molecule has 0 radical (unpaired) electrons. The van der Waals surface area contributed by atoms with Crippen LogP contribution < -0.4 is 5.32 Å². The maximum atomic E-state index is 12.2. The Morgan fingerprint density at radius 3 is 2.71 bits per heavy atom. The minimum Gasteiger partial charge on any atom is -0.481 e. The zero-order valence-corrected chi connectivity index (χ0v) is 10.6. The second-order valence-electron chi connectivity index (χ2n) is 4.66. The van der Waals surface area contributed by atoms with Gasteiger partial charge in [-0.25, -0.2) is 0 Å². The Bertz CT molecular complexity index is 275. The van der Waals surface area contributed by atoms with Gasteiger partial charge in [0.15, 0.2) is 0 Å². The summed E-state index contributed by atoms with van der Waals surface area (Å²) < 4.78 is 0. The molecule has 1 aliphatic rings. The van der Waals surface area contributed by atoms with Gasteiger partial charge in [-0.15, -0.1) is 0 Å². The van der Waals surface area contributed by atoms with E-state index >= 15 is 0 Å². The average Bonchev–Trinajstić information content (AvgIpc) is 2.35. The summed E-state index contributed by atoms with van der Waals surface area (Å²) in [5.41, 5.74) is 0. The topological polar surface area (TPSA) is 69.6 Å². The number of carboxylic acids is 1. The molecule has 1 saturated heterocycles. The Hall–Kier alpha value is -1.10. The van der Waals surface area contributed by atoms with Gasteiger partial charge in [0.1, 0.15) is 0 Å². The van der Waals surface area contributed by atoms with Crippen molar-refractivity contribution in [2.45, 2.75) is 26.7 Å². The minimum atomic E-state index is -0.849. The van der Waals surface area contributed by atoms with Crippen LogP contribution in [0.15, 0.2) is 0 Å². The molecular formula is C12H22N2O3. The standard InChI is InChI=1S/C12H22N2O3/c1-3-14(8-9(2)12(16)17)11(15)10-5-4-6-13-7-10/h9-10,13H,3-8H2,1-2H3,(H,16,17). The van der Waals surface area contributed by atoms with Crippen LogP contribution in [-0.4, -0.2) is 48.1 Å². The van der Waals surface area contributed by atoms with E-state index in [2.05, 4.69) is 5.32 Å². The number of nitrogens with zero attached hydrogens (tertiary/aromatic N) is 1. The summed E-state index contributed by atoms with van der Waals surface area (Å²) >= 11 is 0. The molecule has 1 amide bonds. The zero-order valence-electron chi connectivity index (χ0n) is 10.6. The summed E-state index contributed by atoms with van der Waals surface area (Å²) in [5, 5.41) is 12.1. The highest BCUT2D eigenvalue weighted by Crippen LogP contribution is 2.14. The predicted molar refractivity (Wildman–Crippen MR) is 64.6 cm³/mol. The van der Waals surface area contributed by atoms with Gasteiger partial charge in [-0.05, 0) is 26.3 Å². The van der Waals surface area contributed by atoms with Gasteiger partial charge < -0.3 is 15.3 Å². The molecule has 0 aliphatic carbocycles. The van der Waals surface area contributed by atoms with Crippen molar-refractivity contribution in [1.29, 1.82) is 0 Å². The largest absolute Gasteiger partial charge is 0.481 e. The lowest BCUT2D eigenvalue weighted by molar-refractivity contribution is -0.144. The Morgan fingerprint density at radius 2 is 2.24 bits per heavy atom. The summed E-state index contributed by atoms with van der Waals surface area (Å²) in [6.07, 6.45) is 1.92. The number of nitrogens with one attached hydrogen (secondary N) is 1. The van der Waals surface area contributed by atoms with E-state index in [4.69, 9.17) is 5.11 Å². The number of hydrogen-bond acceptors (Lipinski definition) is 3. The summed E-state index contributed by atoms with van der Waals surface area (Å²) in [4.78, 5) is 24.6. The van der Waals surface area contributed by atoms with E-state index < -0.39 is 11.9 Å². The number of carboxylic acid groups (broad SMARTS) is 1. The summed E-state index contributed by atoms with van der Waals surface area (Å²) in [6.45, 7) is 6.10. The third kappa shape index (κ3) is 4.00. The van der Waals surface area contributed by atoms with Gasteiger partial charge in [-0.2, -0.15) is 0 Å². The number of carbonyl (C=O) groups is 2. The second-order valence-corrected chi connectivity index (χ2v) is 4.66. The van der Waals surface area contributed by atoms with E-state index in [0.29, 0.717) is 13.1 Å². The van der Waals surface area contributed by atoms with Crippen LogP contribution in [0.1, 0.15) is 26.7 Å². The maximum Gasteiger partial charge on any atom is 0.308 e. The first-order chi connectivity index (χ1) is 8.06. The molecule has 98 valence electrons. The van der Waals surface area contributed by atoms with Crippen LogP contribution in [0, 0.1) is 11.8 Å². The molecule has 1 fully saturated rings. The normalized spacial score (nSPS) is 21.9. The fourth-order valence-corrected chi connectivity index (χ4v) is 2.10. The van der Waals surface area contributed by atoms with Crippen LogP contribution in [0.2, 0.25) is 0 Å². The van der Waals surface area contributed by atoms with Gasteiger partial charge in [0.05, 0.1) is 11.8 Å². The van der Waals surface area contributed by atoms with Gasteiger partial charge in [0, 0.05) is 19.6 Å². The second kappa shape index (κ2) is 6.59. The lowest BCUT2D eigenvalue weighted by atomic mass is 9.97. The SMILES string of the molecule is CCN(CC(C)C(=O)O)C(=O)C1CCCNC1. The highest BCUT2D eigenvalue weighted by molar-refractivity contribution is 5.80. The monoisotopic (exact) mass is 242 g/mol. The first kappa shape index (κ1) is 14.0. The van der Waals surface area contributed by atoms with Crippen LogP contribution in [0.4, 0.5) is 0 Å². The van der Waals surface area contributed by atoms with E-state index in [-0.39, 0.29) is 11.8 Å². The smallest absolute Gasteiger partial charge is 0.308 e. The molecule has 1 heterocycles. The molecular weight excluding hydrogens is 220 g/mol. The van der Waals surface area contributed by atoms with Crippen molar-refractivity contribution in [2.24, 2.45) is 11.8 Å². The average molecular weight is 242 g/mol. The third-order valence-electron chi connectivity index (χ3n) is 3.26. The molecule has 0 saturated carbocycles. The van der Waals surface area contributed by atoms with Gasteiger partial charge in [0.2, 0.25) is 5.91 Å². The van der Waals surface area contributed by atoms with Crippen LogP contribution >= 0.6 is 0 Å². The molecule has 1 rings (SSSR count). The van der Waals surface area contributed by atoms with Crippen LogP contribution in [0.25, 0.3) is 0 Å². The van der Waals surface area contributed by atoms with Crippen molar-refractivity contribution in [1.82, 2.24) is 10.2 Å². The van der Waals surface area contributed by atoms with Crippen molar-refractivity contribution < 1.29 is 14.7 Å². The zero-order chi connectivity index (χ0) is 12.8. The summed E-state index contributed by atoms with van der Waals surface area (Å²) in [6, 6.07) is 0. The number of piperidine rings is 1. The molecule has 17 heavy (non-hydrogen) atoms. The fourth-order valence-electron chi connectivity index (χ4n) is 2.10. The van der Waals surface area contributed by atoms with E-state index in [1.807, 2.05) is 6.92 Å². The van der Waals surface area contributed by atoms with Crippen molar-refractivity contribution in [2.75, 3.05) is 26.2 Å². The highest BCUT2D eigenvalue weighted by atomic mass is 16.4. The molecule has 0 aromatic heterocycles. The number of amides is 1. The lowest BCUT2D eigenvalue weighted by Gasteiger charge is -2.29. The van der Waals surface area contributed by atoms with Crippen LogP contribution in [0.3, 0.4) is 0 Å².